The number of pyridine rings is 1. The molecule has 0 saturated carbocycles. The normalized spacial score (nSPS) is 10.5. The summed E-state index contributed by atoms with van der Waals surface area (Å²) in [4.78, 5) is 23.9. The van der Waals surface area contributed by atoms with Gasteiger partial charge in [0.1, 0.15) is 0 Å². The first-order chi connectivity index (χ1) is 11.1. The van der Waals surface area contributed by atoms with Crippen molar-refractivity contribution in [1.82, 2.24) is 4.57 Å². The number of benzene rings is 1. The highest BCUT2D eigenvalue weighted by Crippen LogP contribution is 2.10. The molecule has 0 unspecified atom stereocenters. The lowest BCUT2D eigenvalue weighted by atomic mass is 10.1. The molecule has 0 aliphatic heterocycles. The van der Waals surface area contributed by atoms with Gasteiger partial charge in [0.15, 0.2) is 0 Å². The first-order valence-electron chi connectivity index (χ1n) is 7.54. The largest absolute Gasteiger partial charge is 0.330 e. The highest BCUT2D eigenvalue weighted by Gasteiger charge is 2.12. The van der Waals surface area contributed by atoms with Crippen LogP contribution in [0.15, 0.2) is 47.4 Å². The summed E-state index contributed by atoms with van der Waals surface area (Å²) in [6.45, 7) is 0.941. The zero-order chi connectivity index (χ0) is 16.7. The van der Waals surface area contributed by atoms with E-state index >= 15 is 0 Å². The second-order valence-electron chi connectivity index (χ2n) is 5.25. The Morgan fingerprint density at radius 3 is 2.61 bits per heavy atom. The number of nitrogens with zero attached hydrogens (tertiary/aromatic N) is 1. The number of halogens is 1. The van der Waals surface area contributed by atoms with Crippen molar-refractivity contribution >= 4 is 11.6 Å². The Kier molecular flexibility index (Phi) is 6.05. The molecule has 3 N–H and O–H groups in total. The van der Waals surface area contributed by atoms with E-state index in [1.807, 2.05) is 30.3 Å². The Morgan fingerprint density at radius 1 is 1.17 bits per heavy atom. The van der Waals surface area contributed by atoms with Crippen molar-refractivity contribution in [2.45, 2.75) is 25.8 Å². The quantitative estimate of drug-likeness (QED) is 0.766. The van der Waals surface area contributed by atoms with Gasteiger partial charge in [0.05, 0.1) is 12.1 Å². The maximum absolute atomic E-state index is 14.1. The first kappa shape index (κ1) is 16.9. The Morgan fingerprint density at radius 2 is 1.91 bits per heavy atom. The predicted molar refractivity (Wildman–Crippen MR) is 87.7 cm³/mol. The molecule has 0 saturated heterocycles. The average molecular weight is 317 g/mol. The van der Waals surface area contributed by atoms with Crippen LogP contribution >= 0.6 is 0 Å². The third-order valence-electron chi connectivity index (χ3n) is 3.44. The number of anilines is 1. The van der Waals surface area contributed by atoms with Gasteiger partial charge in [-0.3, -0.25) is 9.59 Å². The molecule has 122 valence electrons. The van der Waals surface area contributed by atoms with Crippen molar-refractivity contribution in [2.75, 3.05) is 11.9 Å². The summed E-state index contributed by atoms with van der Waals surface area (Å²) in [5, 5.41) is 2.45. The topological polar surface area (TPSA) is 77.1 Å². The van der Waals surface area contributed by atoms with Gasteiger partial charge in [0.2, 0.25) is 11.7 Å². The summed E-state index contributed by atoms with van der Waals surface area (Å²) in [6.07, 6.45) is 3.08. The highest BCUT2D eigenvalue weighted by atomic mass is 19.1. The number of rotatable bonds is 7. The van der Waals surface area contributed by atoms with Gasteiger partial charge >= 0.3 is 0 Å². The SMILES string of the molecule is NCCCCn1ccc(NC(=O)Cc2ccccc2)c(F)c1=O. The number of amides is 1. The minimum Gasteiger partial charge on any atom is -0.330 e. The number of carbonyl (C=O) groups is 1. The molecule has 0 aliphatic rings. The standard InChI is InChI=1S/C17H20FN3O2/c18-16-14(8-11-21(17(16)23)10-5-4-9-19)20-15(22)12-13-6-2-1-3-7-13/h1-3,6-8,11H,4-5,9-10,12,19H2,(H,20,22). The van der Waals surface area contributed by atoms with E-state index in [4.69, 9.17) is 5.73 Å². The fourth-order valence-electron chi connectivity index (χ4n) is 2.22. The van der Waals surface area contributed by atoms with Crippen LogP contribution in [0, 0.1) is 5.82 Å². The van der Waals surface area contributed by atoms with Crippen LogP contribution < -0.4 is 16.6 Å². The number of nitrogens with one attached hydrogen (secondary N) is 1. The average Bonchev–Trinajstić information content (AvgIpc) is 2.55. The summed E-state index contributed by atoms with van der Waals surface area (Å²) in [5.41, 5.74) is 5.39. The molecule has 0 aliphatic carbocycles. The molecule has 1 heterocycles. The highest BCUT2D eigenvalue weighted by molar-refractivity contribution is 5.92. The number of nitrogens with two attached hydrogens (primary N) is 1. The number of unbranched alkanes of at least 4 members (excludes halogenated alkanes) is 1. The number of hydrogen-bond acceptors (Lipinski definition) is 3. The Labute approximate surface area is 133 Å². The molecule has 5 nitrogen and oxygen atoms in total. The van der Waals surface area contributed by atoms with E-state index in [0.29, 0.717) is 19.5 Å². The lowest BCUT2D eigenvalue weighted by Gasteiger charge is -2.10. The molecule has 0 radical (unpaired) electrons. The van der Waals surface area contributed by atoms with Gasteiger partial charge in [0.25, 0.3) is 5.56 Å². The molecule has 0 bridgehead atoms. The van der Waals surface area contributed by atoms with Gasteiger partial charge in [-0.05, 0) is 31.0 Å². The predicted octanol–water partition coefficient (Wildman–Crippen LogP) is 1.91. The summed E-state index contributed by atoms with van der Waals surface area (Å²) >= 11 is 0. The van der Waals surface area contributed by atoms with E-state index in [9.17, 15) is 14.0 Å². The second kappa shape index (κ2) is 8.24. The van der Waals surface area contributed by atoms with E-state index < -0.39 is 11.4 Å². The van der Waals surface area contributed by atoms with Gasteiger partial charge in [-0.25, -0.2) is 0 Å². The monoisotopic (exact) mass is 317 g/mol. The molecular formula is C17H20FN3O2. The van der Waals surface area contributed by atoms with Gasteiger partial charge < -0.3 is 15.6 Å². The molecule has 23 heavy (non-hydrogen) atoms. The molecule has 0 atom stereocenters. The number of aryl methyl sites for hydroxylation is 1. The van der Waals surface area contributed by atoms with Crippen LogP contribution in [0.25, 0.3) is 0 Å². The van der Waals surface area contributed by atoms with Crippen molar-refractivity contribution in [3.8, 4) is 0 Å². The molecule has 6 heteroatoms. The molecule has 2 rings (SSSR count). The molecule has 1 aromatic heterocycles. The summed E-state index contributed by atoms with van der Waals surface area (Å²) in [7, 11) is 0. The van der Waals surface area contributed by atoms with Crippen LogP contribution in [0.5, 0.6) is 0 Å². The summed E-state index contributed by atoms with van der Waals surface area (Å²) < 4.78 is 15.4. The van der Waals surface area contributed by atoms with Crippen LogP contribution in [-0.2, 0) is 17.8 Å². The fourth-order valence-corrected chi connectivity index (χ4v) is 2.22. The molecule has 2 aromatic rings. The molecule has 0 fully saturated rings. The third kappa shape index (κ3) is 4.75. The number of aromatic nitrogens is 1. The lowest BCUT2D eigenvalue weighted by molar-refractivity contribution is -0.115. The van der Waals surface area contributed by atoms with Crippen LogP contribution in [0.2, 0.25) is 0 Å². The smallest absolute Gasteiger partial charge is 0.288 e. The van der Waals surface area contributed by atoms with Crippen LogP contribution in [0.1, 0.15) is 18.4 Å². The zero-order valence-corrected chi connectivity index (χ0v) is 12.8. The summed E-state index contributed by atoms with van der Waals surface area (Å²) in [6, 6.07) is 10.5. The van der Waals surface area contributed by atoms with Crippen molar-refractivity contribution in [1.29, 1.82) is 0 Å². The van der Waals surface area contributed by atoms with Crippen LogP contribution in [0.4, 0.5) is 10.1 Å². The van der Waals surface area contributed by atoms with E-state index in [-0.39, 0.29) is 18.0 Å². The van der Waals surface area contributed by atoms with Crippen molar-refractivity contribution in [2.24, 2.45) is 5.73 Å². The minimum atomic E-state index is -0.943. The third-order valence-corrected chi connectivity index (χ3v) is 3.44. The Balaban J connectivity index is 2.04. The van der Waals surface area contributed by atoms with Gasteiger partial charge in [-0.15, -0.1) is 0 Å². The maximum atomic E-state index is 14.1. The van der Waals surface area contributed by atoms with Gasteiger partial charge in [-0.1, -0.05) is 30.3 Å². The van der Waals surface area contributed by atoms with E-state index in [1.54, 1.807) is 0 Å². The Bertz CT molecular complexity index is 714. The van der Waals surface area contributed by atoms with Crippen molar-refractivity contribution in [3.63, 3.8) is 0 Å². The molecule has 1 amide bonds. The first-order valence-corrected chi connectivity index (χ1v) is 7.54. The van der Waals surface area contributed by atoms with Crippen LogP contribution in [0.3, 0.4) is 0 Å². The molecule has 1 aromatic carbocycles. The van der Waals surface area contributed by atoms with Crippen molar-refractivity contribution < 1.29 is 9.18 Å². The number of carbonyl (C=O) groups excluding carboxylic acids is 1. The fraction of sp³-hybridized carbons (Fsp3) is 0.294. The minimum absolute atomic E-state index is 0.0917. The Hall–Kier alpha value is -2.47. The van der Waals surface area contributed by atoms with E-state index in [0.717, 1.165) is 12.0 Å². The molecular weight excluding hydrogens is 297 g/mol. The second-order valence-corrected chi connectivity index (χ2v) is 5.25. The zero-order valence-electron chi connectivity index (χ0n) is 12.8. The maximum Gasteiger partial charge on any atom is 0.288 e. The van der Waals surface area contributed by atoms with E-state index in [2.05, 4.69) is 5.32 Å². The van der Waals surface area contributed by atoms with Crippen LogP contribution in [-0.4, -0.2) is 17.0 Å². The van der Waals surface area contributed by atoms with Crippen molar-refractivity contribution in [3.05, 3.63) is 64.3 Å². The lowest BCUT2D eigenvalue weighted by Crippen LogP contribution is -2.26. The van der Waals surface area contributed by atoms with Gasteiger partial charge in [0, 0.05) is 12.7 Å². The van der Waals surface area contributed by atoms with Gasteiger partial charge in [-0.2, -0.15) is 4.39 Å². The summed E-state index contributed by atoms with van der Waals surface area (Å²) in [5.74, 6) is -1.31. The van der Waals surface area contributed by atoms with E-state index in [1.165, 1.54) is 16.8 Å². The number of hydrogen-bond donors (Lipinski definition) is 2. The molecule has 0 spiro atoms.